The third-order valence-electron chi connectivity index (χ3n) is 10.0. The molecule has 3 N–H and O–H groups in total. The Morgan fingerprint density at radius 3 is 2.28 bits per heavy atom. The van der Waals surface area contributed by atoms with Crippen LogP contribution in [0, 0.1) is 29.6 Å². The van der Waals surface area contributed by atoms with Crippen LogP contribution >= 0.6 is 0 Å². The van der Waals surface area contributed by atoms with Crippen molar-refractivity contribution in [3.8, 4) is 0 Å². The smallest absolute Gasteiger partial charge is 0.335 e. The number of hydrogen-bond acceptors (Lipinski definition) is 4. The molecule has 1 aromatic heterocycles. The number of H-pyrrole nitrogens is 1. The number of aromatic carboxylic acids is 1. The monoisotopic (exact) mass is 489 g/mol. The van der Waals surface area contributed by atoms with E-state index in [0.717, 1.165) is 48.5 Å². The van der Waals surface area contributed by atoms with Crippen molar-refractivity contribution in [2.45, 2.75) is 82.3 Å². The van der Waals surface area contributed by atoms with Gasteiger partial charge in [-0.1, -0.05) is 6.07 Å². The standard InChI is InChI=1S/C29H35N3O4/c33-27(30-22-3-1-2-21(11-22)28(34)35)25-23(31-26(32-25)24-19-4-5-20(24)7-6-19)15-36-29-12-16-8-17(13-29)10-18(9-16)14-29/h1-3,11,16-20,24H,4-10,12-15H2,(H,30,33)(H,31,32)(H,34,35). The van der Waals surface area contributed by atoms with Gasteiger partial charge in [0.1, 0.15) is 5.82 Å². The van der Waals surface area contributed by atoms with E-state index in [-0.39, 0.29) is 17.1 Å². The zero-order valence-electron chi connectivity index (χ0n) is 20.7. The van der Waals surface area contributed by atoms with Gasteiger partial charge in [-0.2, -0.15) is 0 Å². The summed E-state index contributed by atoms with van der Waals surface area (Å²) in [5, 5.41) is 12.2. The zero-order valence-corrected chi connectivity index (χ0v) is 20.7. The lowest BCUT2D eigenvalue weighted by Gasteiger charge is -2.56. The van der Waals surface area contributed by atoms with E-state index < -0.39 is 5.97 Å². The lowest BCUT2D eigenvalue weighted by atomic mass is 9.54. The van der Waals surface area contributed by atoms with Crippen molar-refractivity contribution >= 4 is 17.6 Å². The number of carbonyl (C=O) groups excluding carboxylic acids is 1. The first-order valence-corrected chi connectivity index (χ1v) is 13.8. The average Bonchev–Trinajstić information content (AvgIpc) is 3.56. The van der Waals surface area contributed by atoms with Crippen LogP contribution in [0.5, 0.6) is 0 Å². The van der Waals surface area contributed by atoms with Crippen molar-refractivity contribution in [2.24, 2.45) is 29.6 Å². The van der Waals surface area contributed by atoms with Gasteiger partial charge >= 0.3 is 5.97 Å². The van der Waals surface area contributed by atoms with Gasteiger partial charge in [0.15, 0.2) is 5.69 Å². The van der Waals surface area contributed by atoms with Gasteiger partial charge in [-0.15, -0.1) is 0 Å². The first-order chi connectivity index (χ1) is 17.4. The molecular formula is C29H35N3O4. The minimum absolute atomic E-state index is 0.0457. The number of carboxylic acid groups (broad SMARTS) is 1. The maximum Gasteiger partial charge on any atom is 0.335 e. The summed E-state index contributed by atoms with van der Waals surface area (Å²) in [6.07, 6.45) is 12.5. The van der Waals surface area contributed by atoms with E-state index in [0.29, 0.717) is 35.7 Å². The molecule has 6 saturated carbocycles. The Labute approximate surface area is 211 Å². The number of amides is 1. The van der Waals surface area contributed by atoms with Crippen LogP contribution in [0.3, 0.4) is 0 Å². The maximum atomic E-state index is 13.4. The number of fused-ring (bicyclic) bond motifs is 2. The summed E-state index contributed by atoms with van der Waals surface area (Å²) in [4.78, 5) is 33.3. The van der Waals surface area contributed by atoms with Crippen molar-refractivity contribution in [3.63, 3.8) is 0 Å². The summed E-state index contributed by atoms with van der Waals surface area (Å²) in [6, 6.07) is 6.35. The highest BCUT2D eigenvalue weighted by atomic mass is 16.5. The molecule has 6 aliphatic rings. The molecule has 6 bridgehead atoms. The van der Waals surface area contributed by atoms with Crippen LogP contribution in [0.2, 0.25) is 0 Å². The van der Waals surface area contributed by atoms with Gasteiger partial charge in [0.25, 0.3) is 5.91 Å². The lowest BCUT2D eigenvalue weighted by Crippen LogP contribution is -2.51. The number of rotatable bonds is 7. The largest absolute Gasteiger partial charge is 0.478 e. The summed E-state index contributed by atoms with van der Waals surface area (Å²) in [5.41, 5.74) is 1.71. The number of carboxylic acids is 1. The van der Waals surface area contributed by atoms with Gasteiger partial charge < -0.3 is 20.1 Å². The van der Waals surface area contributed by atoms with Gasteiger partial charge in [0, 0.05) is 11.6 Å². The van der Waals surface area contributed by atoms with Gasteiger partial charge in [-0.05, 0) is 112 Å². The molecule has 2 aromatic rings. The number of nitrogens with one attached hydrogen (secondary N) is 2. The van der Waals surface area contributed by atoms with E-state index in [9.17, 15) is 14.7 Å². The van der Waals surface area contributed by atoms with Gasteiger partial charge in [-0.3, -0.25) is 4.79 Å². The van der Waals surface area contributed by atoms with Gasteiger partial charge in [-0.25, -0.2) is 9.78 Å². The third-order valence-corrected chi connectivity index (χ3v) is 10.0. The summed E-state index contributed by atoms with van der Waals surface area (Å²) in [5.74, 6) is 3.71. The number of imidazole rings is 1. The highest BCUT2D eigenvalue weighted by Gasteiger charge is 2.52. The summed E-state index contributed by atoms with van der Waals surface area (Å²) >= 11 is 0. The summed E-state index contributed by atoms with van der Waals surface area (Å²) in [6.45, 7) is 0.374. The molecule has 8 rings (SSSR count). The molecule has 190 valence electrons. The van der Waals surface area contributed by atoms with Crippen LogP contribution in [0.25, 0.3) is 0 Å². The van der Waals surface area contributed by atoms with E-state index >= 15 is 0 Å². The number of benzene rings is 1. The van der Waals surface area contributed by atoms with Crippen molar-refractivity contribution in [3.05, 3.63) is 47.0 Å². The van der Waals surface area contributed by atoms with E-state index in [1.165, 1.54) is 57.1 Å². The second kappa shape index (κ2) is 8.44. The second-order valence-corrected chi connectivity index (χ2v) is 12.4. The normalized spacial score (nSPS) is 35.9. The molecule has 0 atom stereocenters. The molecule has 0 unspecified atom stereocenters. The van der Waals surface area contributed by atoms with Gasteiger partial charge in [0.05, 0.1) is 23.5 Å². The predicted molar refractivity (Wildman–Crippen MR) is 134 cm³/mol. The Bertz CT molecular complexity index is 1150. The fourth-order valence-corrected chi connectivity index (χ4v) is 8.93. The quantitative estimate of drug-likeness (QED) is 0.459. The molecule has 1 amide bonds. The Morgan fingerprint density at radius 1 is 1.03 bits per heavy atom. The minimum atomic E-state index is -1.02. The first-order valence-electron chi connectivity index (χ1n) is 13.8. The van der Waals surface area contributed by atoms with Crippen LogP contribution in [0.15, 0.2) is 24.3 Å². The molecule has 6 fully saturated rings. The zero-order chi connectivity index (χ0) is 24.4. The van der Waals surface area contributed by atoms with Crippen molar-refractivity contribution in [2.75, 3.05) is 5.32 Å². The SMILES string of the molecule is O=C(O)c1cccc(NC(=O)c2nc(C3C4CCC3CC4)[nH]c2COC23CC4CC(CC(C4)C2)C3)c1. The molecule has 7 nitrogen and oxygen atoms in total. The van der Waals surface area contributed by atoms with Crippen molar-refractivity contribution < 1.29 is 19.4 Å². The Balaban J connectivity index is 1.16. The number of carbonyl (C=O) groups is 2. The topological polar surface area (TPSA) is 104 Å². The van der Waals surface area contributed by atoms with Crippen LogP contribution in [-0.4, -0.2) is 32.6 Å². The number of ether oxygens (including phenoxy) is 1. The minimum Gasteiger partial charge on any atom is -0.478 e. The molecule has 7 heteroatoms. The van der Waals surface area contributed by atoms with Crippen LogP contribution in [-0.2, 0) is 11.3 Å². The molecule has 0 radical (unpaired) electrons. The van der Waals surface area contributed by atoms with E-state index in [1.807, 2.05) is 0 Å². The number of hydrogen-bond donors (Lipinski definition) is 3. The number of nitrogens with zero attached hydrogens (tertiary/aromatic N) is 1. The molecule has 0 spiro atoms. The summed E-state index contributed by atoms with van der Waals surface area (Å²) in [7, 11) is 0. The Morgan fingerprint density at radius 2 is 1.67 bits per heavy atom. The first kappa shape index (κ1) is 22.5. The van der Waals surface area contributed by atoms with Crippen LogP contribution < -0.4 is 5.32 Å². The molecule has 0 aliphatic heterocycles. The molecule has 1 aromatic carbocycles. The Kier molecular flexibility index (Phi) is 5.28. The predicted octanol–water partition coefficient (Wildman–Crippen LogP) is 5.75. The number of aromatic nitrogens is 2. The fourth-order valence-electron chi connectivity index (χ4n) is 8.93. The number of anilines is 1. The molecular weight excluding hydrogens is 454 g/mol. The maximum absolute atomic E-state index is 13.4. The third kappa shape index (κ3) is 3.87. The molecule has 0 saturated heterocycles. The number of aromatic amines is 1. The van der Waals surface area contributed by atoms with E-state index in [2.05, 4.69) is 10.3 Å². The summed E-state index contributed by atoms with van der Waals surface area (Å²) < 4.78 is 6.74. The molecule has 1 heterocycles. The Hall–Kier alpha value is -2.67. The fraction of sp³-hybridized carbons (Fsp3) is 0.621. The van der Waals surface area contributed by atoms with Crippen LogP contribution in [0.1, 0.15) is 102 Å². The highest BCUT2D eigenvalue weighted by molar-refractivity contribution is 6.04. The molecule has 36 heavy (non-hydrogen) atoms. The lowest BCUT2D eigenvalue weighted by molar-refractivity contribution is -0.169. The van der Waals surface area contributed by atoms with E-state index in [4.69, 9.17) is 9.72 Å². The van der Waals surface area contributed by atoms with Crippen molar-refractivity contribution in [1.82, 2.24) is 9.97 Å². The van der Waals surface area contributed by atoms with E-state index in [1.54, 1.807) is 12.1 Å². The second-order valence-electron chi connectivity index (χ2n) is 12.4. The van der Waals surface area contributed by atoms with Gasteiger partial charge in [0.2, 0.25) is 0 Å². The van der Waals surface area contributed by atoms with Crippen molar-refractivity contribution in [1.29, 1.82) is 0 Å². The average molecular weight is 490 g/mol. The highest BCUT2D eigenvalue weighted by Crippen LogP contribution is 2.57. The molecule has 6 aliphatic carbocycles. The van der Waals surface area contributed by atoms with Crippen LogP contribution in [0.4, 0.5) is 5.69 Å².